The Morgan fingerprint density at radius 3 is 2.20 bits per heavy atom. The fourth-order valence-electron chi connectivity index (χ4n) is 1.16. The molecule has 0 saturated carbocycles. The summed E-state index contributed by atoms with van der Waals surface area (Å²) < 4.78 is 0. The molecular weight excluding hydrogens is 274 g/mol. The third kappa shape index (κ3) is 7.28. The highest BCUT2D eigenvalue weighted by Gasteiger charge is 2.21. The van der Waals surface area contributed by atoms with Crippen molar-refractivity contribution in [3.05, 3.63) is 0 Å². The summed E-state index contributed by atoms with van der Waals surface area (Å²) in [6.45, 7) is -1.36. The Bertz CT molecular complexity index is 385. The van der Waals surface area contributed by atoms with Crippen molar-refractivity contribution in [1.82, 2.24) is 10.6 Å². The summed E-state index contributed by atoms with van der Waals surface area (Å²) in [6, 6.07) is -2.50. The van der Waals surface area contributed by atoms with Crippen LogP contribution in [-0.4, -0.2) is 64.3 Å². The lowest BCUT2D eigenvalue weighted by Crippen LogP contribution is -2.50. The van der Waals surface area contributed by atoms with Crippen molar-refractivity contribution in [3.63, 3.8) is 0 Å². The molecule has 0 aliphatic heterocycles. The van der Waals surface area contributed by atoms with Crippen LogP contribution in [0.1, 0.15) is 12.8 Å². The third-order valence-corrected chi connectivity index (χ3v) is 2.25. The number of hydrogen-bond acceptors (Lipinski definition) is 6. The quantitative estimate of drug-likeness (QED) is 0.258. The fraction of sp³-hybridized carbons (Fsp3) is 0.600. The molecule has 2 amide bonds. The first-order chi connectivity index (χ1) is 9.27. The van der Waals surface area contributed by atoms with E-state index in [1.807, 2.05) is 5.32 Å². The van der Waals surface area contributed by atoms with Gasteiger partial charge in [0.2, 0.25) is 11.8 Å². The molecule has 10 heteroatoms. The molecule has 20 heavy (non-hydrogen) atoms. The minimum Gasteiger partial charge on any atom is -0.480 e. The molecular formula is C10H17N3O7. The van der Waals surface area contributed by atoms with Crippen LogP contribution in [0.5, 0.6) is 0 Å². The van der Waals surface area contributed by atoms with Gasteiger partial charge >= 0.3 is 11.9 Å². The molecule has 0 radical (unpaired) electrons. The number of nitrogens with one attached hydrogen (secondary N) is 2. The van der Waals surface area contributed by atoms with Crippen LogP contribution >= 0.6 is 0 Å². The van der Waals surface area contributed by atoms with Gasteiger partial charge in [0, 0.05) is 6.42 Å². The van der Waals surface area contributed by atoms with Crippen LogP contribution in [0.15, 0.2) is 0 Å². The van der Waals surface area contributed by atoms with Gasteiger partial charge in [-0.25, -0.2) is 0 Å². The minimum atomic E-state index is -1.30. The van der Waals surface area contributed by atoms with E-state index in [1.165, 1.54) is 0 Å². The second-order valence-electron chi connectivity index (χ2n) is 3.90. The highest BCUT2D eigenvalue weighted by molar-refractivity contribution is 5.89. The van der Waals surface area contributed by atoms with Crippen LogP contribution in [0.2, 0.25) is 0 Å². The number of nitrogens with two attached hydrogens (primary N) is 1. The predicted octanol–water partition coefficient (Wildman–Crippen LogP) is -3.14. The molecule has 114 valence electrons. The normalized spacial score (nSPS) is 13.1. The molecule has 0 bridgehead atoms. The average Bonchev–Trinajstić information content (AvgIpc) is 2.38. The van der Waals surface area contributed by atoms with E-state index in [0.29, 0.717) is 0 Å². The zero-order valence-electron chi connectivity index (χ0n) is 10.5. The van der Waals surface area contributed by atoms with Gasteiger partial charge < -0.3 is 31.7 Å². The van der Waals surface area contributed by atoms with Gasteiger partial charge in [-0.15, -0.1) is 0 Å². The molecule has 0 aromatic rings. The first kappa shape index (κ1) is 17.8. The summed E-state index contributed by atoms with van der Waals surface area (Å²) in [6.07, 6.45) is -0.369. The van der Waals surface area contributed by atoms with E-state index in [4.69, 9.17) is 21.1 Å². The van der Waals surface area contributed by atoms with E-state index < -0.39 is 49.0 Å². The number of aliphatic hydroxyl groups excluding tert-OH is 1. The maximum atomic E-state index is 11.4. The number of rotatable bonds is 9. The Morgan fingerprint density at radius 1 is 1.15 bits per heavy atom. The second kappa shape index (κ2) is 8.82. The number of aliphatic carboxylic acids is 2. The lowest BCUT2D eigenvalue weighted by molar-refractivity contribution is -0.139. The van der Waals surface area contributed by atoms with Crippen LogP contribution in [0.3, 0.4) is 0 Å². The molecule has 0 rings (SSSR count). The van der Waals surface area contributed by atoms with Crippen molar-refractivity contribution >= 4 is 23.8 Å². The molecule has 7 N–H and O–H groups in total. The van der Waals surface area contributed by atoms with Gasteiger partial charge in [-0.2, -0.15) is 0 Å². The minimum absolute atomic E-state index is 0.129. The molecule has 10 nitrogen and oxygen atoms in total. The first-order valence-corrected chi connectivity index (χ1v) is 5.66. The second-order valence-corrected chi connectivity index (χ2v) is 3.90. The van der Waals surface area contributed by atoms with Gasteiger partial charge in [0.05, 0.1) is 6.61 Å². The van der Waals surface area contributed by atoms with Crippen LogP contribution in [0, 0.1) is 0 Å². The molecule has 0 fully saturated rings. The van der Waals surface area contributed by atoms with Crippen LogP contribution in [0.25, 0.3) is 0 Å². The SMILES string of the molecule is N[C@H](CCC(=O)N[C@@H](CO)C(=O)NCC(=O)O)C(=O)O. The van der Waals surface area contributed by atoms with Crippen molar-refractivity contribution in [2.75, 3.05) is 13.2 Å². The van der Waals surface area contributed by atoms with E-state index in [2.05, 4.69) is 5.32 Å². The van der Waals surface area contributed by atoms with Crippen molar-refractivity contribution in [2.45, 2.75) is 24.9 Å². The number of amides is 2. The molecule has 0 aliphatic rings. The summed E-state index contributed by atoms with van der Waals surface area (Å²) >= 11 is 0. The van der Waals surface area contributed by atoms with Crippen LogP contribution in [-0.2, 0) is 19.2 Å². The van der Waals surface area contributed by atoms with Gasteiger partial charge in [-0.3, -0.25) is 19.2 Å². The van der Waals surface area contributed by atoms with Gasteiger partial charge in [-0.1, -0.05) is 0 Å². The Balaban J connectivity index is 4.21. The molecule has 0 aliphatic carbocycles. The van der Waals surface area contributed by atoms with E-state index in [-0.39, 0.29) is 12.8 Å². The van der Waals surface area contributed by atoms with Crippen LogP contribution in [0.4, 0.5) is 0 Å². The fourth-order valence-corrected chi connectivity index (χ4v) is 1.16. The van der Waals surface area contributed by atoms with Gasteiger partial charge in [-0.05, 0) is 6.42 Å². The van der Waals surface area contributed by atoms with Gasteiger partial charge in [0.25, 0.3) is 0 Å². The molecule has 0 aromatic carbocycles. The van der Waals surface area contributed by atoms with Crippen molar-refractivity contribution < 1.29 is 34.5 Å². The van der Waals surface area contributed by atoms with Crippen molar-refractivity contribution in [3.8, 4) is 0 Å². The van der Waals surface area contributed by atoms with Crippen molar-refractivity contribution in [1.29, 1.82) is 0 Å². The average molecular weight is 291 g/mol. The molecule has 0 unspecified atom stereocenters. The van der Waals surface area contributed by atoms with Gasteiger partial charge in [0.1, 0.15) is 18.6 Å². The zero-order chi connectivity index (χ0) is 15.7. The third-order valence-electron chi connectivity index (χ3n) is 2.25. The van der Waals surface area contributed by atoms with Crippen molar-refractivity contribution in [2.24, 2.45) is 5.73 Å². The highest BCUT2D eigenvalue weighted by Crippen LogP contribution is 1.96. The summed E-state index contributed by atoms with van der Waals surface area (Å²) in [5.74, 6) is -4.05. The first-order valence-electron chi connectivity index (χ1n) is 5.66. The van der Waals surface area contributed by atoms with E-state index in [0.717, 1.165) is 0 Å². The number of carbonyl (C=O) groups is 4. The van der Waals surface area contributed by atoms with E-state index in [1.54, 1.807) is 0 Å². The zero-order valence-corrected chi connectivity index (χ0v) is 10.5. The van der Waals surface area contributed by atoms with Crippen LogP contribution < -0.4 is 16.4 Å². The lowest BCUT2D eigenvalue weighted by Gasteiger charge is -2.15. The summed E-state index contributed by atoms with van der Waals surface area (Å²) in [4.78, 5) is 43.5. The number of aliphatic hydroxyl groups is 1. The summed E-state index contributed by atoms with van der Waals surface area (Å²) in [7, 11) is 0. The molecule has 0 heterocycles. The predicted molar refractivity (Wildman–Crippen MR) is 64.5 cm³/mol. The maximum absolute atomic E-state index is 11.4. The Morgan fingerprint density at radius 2 is 1.75 bits per heavy atom. The molecule has 2 atom stereocenters. The summed E-state index contributed by atoms with van der Waals surface area (Å²) in [5, 5.41) is 29.9. The van der Waals surface area contributed by atoms with E-state index >= 15 is 0 Å². The number of carboxylic acids is 2. The maximum Gasteiger partial charge on any atom is 0.322 e. The highest BCUT2D eigenvalue weighted by atomic mass is 16.4. The summed E-state index contributed by atoms with van der Waals surface area (Å²) in [5.41, 5.74) is 5.20. The van der Waals surface area contributed by atoms with E-state index in [9.17, 15) is 19.2 Å². The lowest BCUT2D eigenvalue weighted by atomic mass is 10.1. The number of carboxylic acid groups (broad SMARTS) is 2. The number of hydrogen-bond donors (Lipinski definition) is 6. The Labute approximate surface area is 113 Å². The Hall–Kier alpha value is -2.20. The Kier molecular flexibility index (Phi) is 7.85. The molecule has 0 aromatic heterocycles. The number of carbonyl (C=O) groups excluding carboxylic acids is 2. The monoisotopic (exact) mass is 291 g/mol. The van der Waals surface area contributed by atoms with Gasteiger partial charge in [0.15, 0.2) is 0 Å². The standard InChI is InChI=1S/C10H17N3O7/c11-5(10(19)20)1-2-7(15)13-6(4-14)9(18)12-3-8(16)17/h5-6,14H,1-4,11H2,(H,12,18)(H,13,15)(H,16,17)(H,19,20)/t5-,6+/m1/s1. The molecule has 0 saturated heterocycles. The largest absolute Gasteiger partial charge is 0.480 e. The smallest absolute Gasteiger partial charge is 0.322 e. The molecule has 0 spiro atoms. The topological polar surface area (TPSA) is 179 Å².